The Morgan fingerprint density at radius 2 is 2.22 bits per heavy atom. The summed E-state index contributed by atoms with van der Waals surface area (Å²) in [7, 11) is 1.63. The van der Waals surface area contributed by atoms with E-state index in [1.165, 1.54) is 17.1 Å². The topological polar surface area (TPSA) is 93.5 Å². The third-order valence-corrected chi connectivity index (χ3v) is 1.84. The van der Waals surface area contributed by atoms with E-state index in [0.717, 1.165) is 0 Å². The molecular weight excluding hydrogens is 253 g/mol. The molecule has 0 aliphatic heterocycles. The second-order valence-electron chi connectivity index (χ2n) is 3.29. The molecule has 0 atom stereocenters. The van der Waals surface area contributed by atoms with Crippen molar-refractivity contribution in [1.82, 2.24) is 9.55 Å². The molecule has 1 aromatic rings. The minimum absolute atomic E-state index is 0.0752. The van der Waals surface area contributed by atoms with Gasteiger partial charge in [-0.05, 0) is 0 Å². The number of hydrogen-bond acceptors (Lipinski definition) is 4. The molecule has 0 saturated carbocycles. The zero-order valence-corrected chi connectivity index (χ0v) is 9.14. The van der Waals surface area contributed by atoms with Crippen molar-refractivity contribution in [3.05, 3.63) is 23.8 Å². The molecule has 0 amide bonds. The summed E-state index contributed by atoms with van der Waals surface area (Å²) in [6.07, 6.45) is -1.64. The summed E-state index contributed by atoms with van der Waals surface area (Å²) in [5.74, 6) is -1.74. The van der Waals surface area contributed by atoms with Gasteiger partial charge in [0.15, 0.2) is 5.82 Å². The molecule has 0 radical (unpaired) electrons. The van der Waals surface area contributed by atoms with Gasteiger partial charge in [0, 0.05) is 19.5 Å². The normalized spacial score (nSPS) is 13.8. The van der Waals surface area contributed by atoms with Crippen molar-refractivity contribution in [2.45, 2.75) is 6.18 Å². The number of rotatable bonds is 3. The number of aliphatic imine (C=N–C) groups is 1. The van der Waals surface area contributed by atoms with Gasteiger partial charge in [-0.2, -0.15) is 13.2 Å². The Balaban J connectivity index is 3.09. The number of halogens is 3. The molecule has 0 spiro atoms. The van der Waals surface area contributed by atoms with Gasteiger partial charge in [0.1, 0.15) is 11.3 Å². The van der Waals surface area contributed by atoms with Gasteiger partial charge in [-0.25, -0.2) is 14.8 Å². The van der Waals surface area contributed by atoms with Crippen LogP contribution in [0.4, 0.5) is 19.0 Å². The van der Waals surface area contributed by atoms with Gasteiger partial charge >= 0.3 is 12.1 Å². The van der Waals surface area contributed by atoms with Crippen LogP contribution < -0.4 is 5.73 Å². The van der Waals surface area contributed by atoms with Crippen molar-refractivity contribution < 1.29 is 23.1 Å². The average Bonchev–Trinajstić information content (AvgIpc) is 2.62. The van der Waals surface area contributed by atoms with Crippen LogP contribution in [0.25, 0.3) is 0 Å². The Kier molecular flexibility index (Phi) is 3.74. The zero-order chi connectivity index (χ0) is 13.9. The number of aliphatic carboxylic acids is 1. The predicted octanol–water partition coefficient (Wildman–Crippen LogP) is 0.982. The fraction of sp³-hybridized carbons (Fsp3) is 0.222. The van der Waals surface area contributed by atoms with Crippen molar-refractivity contribution in [2.24, 2.45) is 17.8 Å². The number of imidazole rings is 1. The summed E-state index contributed by atoms with van der Waals surface area (Å²) < 4.78 is 38.3. The summed E-state index contributed by atoms with van der Waals surface area (Å²) >= 11 is 0. The van der Waals surface area contributed by atoms with Crippen LogP contribution in [0.1, 0.15) is 0 Å². The van der Waals surface area contributed by atoms with Crippen LogP contribution in [-0.2, 0) is 11.8 Å². The quantitative estimate of drug-likeness (QED) is 0.627. The van der Waals surface area contributed by atoms with E-state index in [1.54, 1.807) is 7.05 Å². The second kappa shape index (κ2) is 4.90. The van der Waals surface area contributed by atoms with Crippen LogP contribution in [0.3, 0.4) is 0 Å². The van der Waals surface area contributed by atoms with E-state index in [0.29, 0.717) is 6.21 Å². The first-order valence-corrected chi connectivity index (χ1v) is 4.54. The third kappa shape index (κ3) is 3.34. The van der Waals surface area contributed by atoms with Gasteiger partial charge in [-0.1, -0.05) is 0 Å². The standard InChI is InChI=1S/C9H9F3N4O2/c1-16-3-6(15-4-16)14-2-5(8(17)18)7(13)9(10,11)12/h2-4H,13H2,1H3,(H,17,18). The van der Waals surface area contributed by atoms with E-state index in [-0.39, 0.29) is 5.82 Å². The van der Waals surface area contributed by atoms with Crippen LogP contribution in [0.2, 0.25) is 0 Å². The van der Waals surface area contributed by atoms with Crippen molar-refractivity contribution >= 4 is 18.0 Å². The zero-order valence-electron chi connectivity index (χ0n) is 9.14. The summed E-state index contributed by atoms with van der Waals surface area (Å²) in [5.41, 5.74) is 1.88. The fourth-order valence-corrected chi connectivity index (χ4v) is 0.989. The number of nitrogens with zero attached hydrogens (tertiary/aromatic N) is 3. The number of allylic oxidation sites excluding steroid dienone is 1. The molecule has 3 N–H and O–H groups in total. The highest BCUT2D eigenvalue weighted by atomic mass is 19.4. The first-order valence-electron chi connectivity index (χ1n) is 4.54. The van der Waals surface area contributed by atoms with Crippen molar-refractivity contribution in [2.75, 3.05) is 0 Å². The molecule has 0 aliphatic carbocycles. The Hall–Kier alpha value is -2.32. The molecule has 1 heterocycles. The number of aromatic nitrogens is 2. The molecule has 0 fully saturated rings. The smallest absolute Gasteiger partial charge is 0.431 e. The number of carboxylic acid groups (broad SMARTS) is 1. The highest BCUT2D eigenvalue weighted by Gasteiger charge is 2.35. The van der Waals surface area contributed by atoms with Crippen LogP contribution in [0, 0.1) is 0 Å². The number of alkyl halides is 3. The maximum Gasteiger partial charge on any atom is 0.431 e. The molecule has 0 unspecified atom stereocenters. The van der Waals surface area contributed by atoms with E-state index in [2.05, 4.69) is 9.98 Å². The van der Waals surface area contributed by atoms with Gasteiger partial charge in [-0.15, -0.1) is 0 Å². The van der Waals surface area contributed by atoms with Gasteiger partial charge in [-0.3, -0.25) is 0 Å². The SMILES string of the molecule is Cn1cnc(N=CC(C(=O)O)=C(N)C(F)(F)F)c1. The lowest BCUT2D eigenvalue weighted by Crippen LogP contribution is -2.25. The molecule has 0 saturated heterocycles. The highest BCUT2D eigenvalue weighted by molar-refractivity contribution is 6.09. The number of hydrogen-bond donors (Lipinski definition) is 2. The lowest BCUT2D eigenvalue weighted by atomic mass is 10.2. The van der Waals surface area contributed by atoms with Crippen molar-refractivity contribution in [1.29, 1.82) is 0 Å². The molecule has 1 aromatic heterocycles. The Labute approximate surface area is 99.3 Å². The molecule has 0 aromatic carbocycles. The van der Waals surface area contributed by atoms with E-state index < -0.39 is 23.4 Å². The lowest BCUT2D eigenvalue weighted by molar-refractivity contribution is -0.133. The summed E-state index contributed by atoms with van der Waals surface area (Å²) in [5, 5.41) is 8.64. The monoisotopic (exact) mass is 262 g/mol. The number of nitrogens with two attached hydrogens (primary N) is 1. The molecule has 6 nitrogen and oxygen atoms in total. The largest absolute Gasteiger partial charge is 0.478 e. The average molecular weight is 262 g/mol. The van der Waals surface area contributed by atoms with Gasteiger partial charge < -0.3 is 15.4 Å². The van der Waals surface area contributed by atoms with E-state index in [9.17, 15) is 18.0 Å². The van der Waals surface area contributed by atoms with E-state index in [1.807, 2.05) is 0 Å². The van der Waals surface area contributed by atoms with E-state index in [4.69, 9.17) is 10.8 Å². The number of aryl methyl sites for hydroxylation is 1. The van der Waals surface area contributed by atoms with Crippen molar-refractivity contribution in [3.63, 3.8) is 0 Å². The third-order valence-electron chi connectivity index (χ3n) is 1.84. The van der Waals surface area contributed by atoms with Gasteiger partial charge in [0.05, 0.1) is 6.33 Å². The predicted molar refractivity (Wildman–Crippen MR) is 56.3 cm³/mol. The van der Waals surface area contributed by atoms with Crippen LogP contribution in [0.5, 0.6) is 0 Å². The number of carboxylic acids is 1. The Bertz CT molecular complexity index is 516. The molecule has 1 rings (SSSR count). The molecule has 9 heteroatoms. The second-order valence-corrected chi connectivity index (χ2v) is 3.29. The summed E-state index contributed by atoms with van der Waals surface area (Å²) in [6.45, 7) is 0. The molecule has 98 valence electrons. The van der Waals surface area contributed by atoms with Crippen molar-refractivity contribution in [3.8, 4) is 0 Å². The molecule has 0 bridgehead atoms. The maximum absolute atomic E-state index is 12.3. The minimum atomic E-state index is -4.93. The fourth-order valence-electron chi connectivity index (χ4n) is 0.989. The molecular formula is C9H9F3N4O2. The highest BCUT2D eigenvalue weighted by Crippen LogP contribution is 2.24. The number of carbonyl (C=O) groups is 1. The maximum atomic E-state index is 12.3. The van der Waals surface area contributed by atoms with Crippen LogP contribution in [0.15, 0.2) is 28.8 Å². The summed E-state index contributed by atoms with van der Waals surface area (Å²) in [6, 6.07) is 0. The Morgan fingerprint density at radius 1 is 1.61 bits per heavy atom. The molecule has 18 heavy (non-hydrogen) atoms. The van der Waals surface area contributed by atoms with Gasteiger partial charge in [0.25, 0.3) is 0 Å². The van der Waals surface area contributed by atoms with Gasteiger partial charge in [0.2, 0.25) is 0 Å². The summed E-state index contributed by atoms with van der Waals surface area (Å²) in [4.78, 5) is 17.9. The first-order chi connectivity index (χ1) is 8.21. The minimum Gasteiger partial charge on any atom is -0.478 e. The lowest BCUT2D eigenvalue weighted by Gasteiger charge is -2.07. The van der Waals surface area contributed by atoms with Crippen LogP contribution in [-0.4, -0.2) is 33.0 Å². The first kappa shape index (κ1) is 13.7. The van der Waals surface area contributed by atoms with E-state index >= 15 is 0 Å². The molecule has 0 aliphatic rings. The Morgan fingerprint density at radius 3 is 2.61 bits per heavy atom. The van der Waals surface area contributed by atoms with Crippen LogP contribution >= 0.6 is 0 Å².